The van der Waals surface area contributed by atoms with Crippen LogP contribution in [0.5, 0.6) is 0 Å². The van der Waals surface area contributed by atoms with Crippen LogP contribution in [0.4, 0.5) is 4.39 Å². The summed E-state index contributed by atoms with van der Waals surface area (Å²) in [5, 5.41) is 8.41. The Morgan fingerprint density at radius 3 is 2.88 bits per heavy atom. The summed E-state index contributed by atoms with van der Waals surface area (Å²) in [4.78, 5) is 22.9. The summed E-state index contributed by atoms with van der Waals surface area (Å²) in [5.41, 5.74) is 1.90. The fourth-order valence-corrected chi connectivity index (χ4v) is 3.17. The summed E-state index contributed by atoms with van der Waals surface area (Å²) in [6.07, 6.45) is 5.45. The Bertz CT molecular complexity index is 956. The minimum absolute atomic E-state index is 0.114. The second-order valence-electron chi connectivity index (χ2n) is 6.06. The van der Waals surface area contributed by atoms with E-state index >= 15 is 0 Å². The predicted octanol–water partition coefficient (Wildman–Crippen LogP) is 2.09. The van der Waals surface area contributed by atoms with E-state index < -0.39 is 0 Å². The summed E-state index contributed by atoms with van der Waals surface area (Å²) in [6.45, 7) is 3.36. The maximum absolute atomic E-state index is 13.4. The Labute approximate surface area is 149 Å². The molecule has 26 heavy (non-hydrogen) atoms. The topological polar surface area (TPSA) is 76.8 Å². The van der Waals surface area contributed by atoms with Gasteiger partial charge in [-0.3, -0.25) is 9.78 Å². The molecule has 0 unspecified atom stereocenters. The van der Waals surface area contributed by atoms with Crippen molar-refractivity contribution in [3.8, 4) is 11.5 Å². The van der Waals surface area contributed by atoms with Crippen LogP contribution >= 0.6 is 0 Å². The number of aromatic nitrogens is 5. The van der Waals surface area contributed by atoms with Crippen molar-refractivity contribution < 1.29 is 9.18 Å². The first-order valence-electron chi connectivity index (χ1n) is 8.43. The van der Waals surface area contributed by atoms with Gasteiger partial charge >= 0.3 is 0 Å². The van der Waals surface area contributed by atoms with E-state index in [1.54, 1.807) is 29.6 Å². The third-order valence-electron chi connectivity index (χ3n) is 4.51. The maximum atomic E-state index is 13.4. The van der Waals surface area contributed by atoms with Crippen LogP contribution in [0.25, 0.3) is 11.5 Å². The number of carbonyl (C=O) groups is 1. The molecular formula is C18H17FN6O. The van der Waals surface area contributed by atoms with Gasteiger partial charge in [0.2, 0.25) is 0 Å². The largest absolute Gasteiger partial charge is 0.329 e. The lowest BCUT2D eigenvalue weighted by Gasteiger charge is -2.28. The number of hydrogen-bond donors (Lipinski definition) is 0. The highest BCUT2D eigenvalue weighted by molar-refractivity contribution is 5.95. The van der Waals surface area contributed by atoms with Crippen molar-refractivity contribution in [2.75, 3.05) is 6.54 Å². The molecule has 1 aromatic carbocycles. The van der Waals surface area contributed by atoms with Crippen LogP contribution in [-0.2, 0) is 19.5 Å². The lowest BCUT2D eigenvalue weighted by Crippen LogP contribution is -2.39. The highest BCUT2D eigenvalue weighted by Gasteiger charge is 2.27. The summed E-state index contributed by atoms with van der Waals surface area (Å²) in [5.74, 6) is 0.907. The molecule has 0 N–H and O–H groups in total. The minimum Gasteiger partial charge on any atom is -0.329 e. The van der Waals surface area contributed by atoms with Crippen molar-refractivity contribution in [1.29, 1.82) is 0 Å². The highest BCUT2D eigenvalue weighted by Crippen LogP contribution is 2.22. The number of benzene rings is 1. The molecule has 0 saturated heterocycles. The fraction of sp³-hybridized carbons (Fsp3) is 0.278. The first-order chi connectivity index (χ1) is 12.7. The van der Waals surface area contributed by atoms with Gasteiger partial charge < -0.3 is 9.47 Å². The van der Waals surface area contributed by atoms with Crippen molar-refractivity contribution in [2.45, 2.75) is 26.4 Å². The van der Waals surface area contributed by atoms with Gasteiger partial charge in [-0.25, -0.2) is 9.37 Å². The Kier molecular flexibility index (Phi) is 4.16. The molecule has 0 bridgehead atoms. The predicted molar refractivity (Wildman–Crippen MR) is 91.6 cm³/mol. The lowest BCUT2D eigenvalue weighted by atomic mass is 10.0. The Morgan fingerprint density at radius 2 is 2.12 bits per heavy atom. The van der Waals surface area contributed by atoms with E-state index in [0.29, 0.717) is 54.5 Å². The van der Waals surface area contributed by atoms with Crippen molar-refractivity contribution in [2.24, 2.45) is 0 Å². The van der Waals surface area contributed by atoms with Crippen molar-refractivity contribution >= 4 is 5.91 Å². The average Bonchev–Trinajstić information content (AvgIpc) is 3.11. The van der Waals surface area contributed by atoms with E-state index in [4.69, 9.17) is 0 Å². The van der Waals surface area contributed by atoms with Gasteiger partial charge in [-0.05, 0) is 30.2 Å². The molecule has 0 saturated carbocycles. The fourth-order valence-electron chi connectivity index (χ4n) is 3.17. The Hall–Kier alpha value is -3.16. The molecule has 1 amide bonds. The average molecular weight is 352 g/mol. The molecule has 8 heteroatoms. The molecule has 0 atom stereocenters. The molecule has 1 aliphatic heterocycles. The normalized spacial score (nSPS) is 13.5. The first kappa shape index (κ1) is 16.3. The van der Waals surface area contributed by atoms with E-state index in [1.165, 1.54) is 12.1 Å². The molecule has 7 nitrogen and oxygen atoms in total. The Morgan fingerprint density at radius 1 is 1.23 bits per heavy atom. The van der Waals surface area contributed by atoms with E-state index in [9.17, 15) is 9.18 Å². The number of rotatable bonds is 3. The van der Waals surface area contributed by atoms with Crippen LogP contribution in [0.2, 0.25) is 0 Å². The third kappa shape index (κ3) is 2.83. The third-order valence-corrected chi connectivity index (χ3v) is 4.51. The summed E-state index contributed by atoms with van der Waals surface area (Å²) >= 11 is 0. The van der Waals surface area contributed by atoms with Crippen LogP contribution in [-0.4, -0.2) is 42.1 Å². The highest BCUT2D eigenvalue weighted by atomic mass is 19.1. The monoisotopic (exact) mass is 352 g/mol. The molecule has 0 fully saturated rings. The molecule has 0 aliphatic carbocycles. The number of halogens is 1. The number of fused-ring (bicyclic) bond motifs is 1. The zero-order valence-corrected chi connectivity index (χ0v) is 14.3. The number of nitrogens with zero attached hydrogens (tertiary/aromatic N) is 6. The number of hydrogen-bond acceptors (Lipinski definition) is 5. The van der Waals surface area contributed by atoms with Crippen LogP contribution in [0.15, 0.2) is 36.8 Å². The summed E-state index contributed by atoms with van der Waals surface area (Å²) < 4.78 is 15.4. The van der Waals surface area contributed by atoms with Crippen LogP contribution in [0.3, 0.4) is 0 Å². The van der Waals surface area contributed by atoms with Crippen molar-refractivity contribution in [3.63, 3.8) is 0 Å². The zero-order chi connectivity index (χ0) is 18.1. The van der Waals surface area contributed by atoms with Gasteiger partial charge in [0.1, 0.15) is 11.5 Å². The quantitative estimate of drug-likeness (QED) is 0.721. The number of amides is 1. The standard InChI is InChI=1S/C18H17FN6O/c1-2-12-9-13(19)3-4-14(12)18(26)24-7-8-25-16(11-24)22-23-17(25)15-10-20-5-6-21-15/h3-6,9-10H,2,7-8,11H2,1H3. The molecule has 3 aromatic rings. The van der Waals surface area contributed by atoms with Crippen molar-refractivity contribution in [1.82, 2.24) is 29.6 Å². The SMILES string of the molecule is CCc1cc(F)ccc1C(=O)N1CCn2c(nnc2-c2cnccn2)C1. The van der Waals surface area contributed by atoms with Gasteiger partial charge in [0.05, 0.1) is 12.7 Å². The summed E-state index contributed by atoms with van der Waals surface area (Å²) in [7, 11) is 0. The minimum atomic E-state index is -0.328. The second kappa shape index (κ2) is 6.62. The maximum Gasteiger partial charge on any atom is 0.254 e. The molecule has 2 aromatic heterocycles. The van der Waals surface area contributed by atoms with Gasteiger partial charge in [-0.15, -0.1) is 10.2 Å². The number of carbonyl (C=O) groups excluding carboxylic acids is 1. The van der Waals surface area contributed by atoms with E-state index in [2.05, 4.69) is 20.2 Å². The molecule has 4 rings (SSSR count). The molecule has 0 radical (unpaired) electrons. The molecule has 1 aliphatic rings. The van der Waals surface area contributed by atoms with Gasteiger partial charge in [-0.1, -0.05) is 6.92 Å². The van der Waals surface area contributed by atoms with Crippen molar-refractivity contribution in [3.05, 3.63) is 59.6 Å². The van der Waals surface area contributed by atoms with Crippen LogP contribution in [0.1, 0.15) is 28.7 Å². The van der Waals surface area contributed by atoms with E-state index in [1.807, 2.05) is 11.5 Å². The van der Waals surface area contributed by atoms with E-state index in [-0.39, 0.29) is 11.7 Å². The smallest absolute Gasteiger partial charge is 0.254 e. The van der Waals surface area contributed by atoms with Gasteiger partial charge in [-0.2, -0.15) is 0 Å². The van der Waals surface area contributed by atoms with Gasteiger partial charge in [0.25, 0.3) is 5.91 Å². The van der Waals surface area contributed by atoms with Crippen LogP contribution < -0.4 is 0 Å². The zero-order valence-electron chi connectivity index (χ0n) is 14.3. The first-order valence-corrected chi connectivity index (χ1v) is 8.43. The van der Waals surface area contributed by atoms with Gasteiger partial charge in [0.15, 0.2) is 11.6 Å². The molecule has 3 heterocycles. The van der Waals surface area contributed by atoms with Crippen LogP contribution in [0, 0.1) is 5.82 Å². The van der Waals surface area contributed by atoms with E-state index in [0.717, 1.165) is 0 Å². The molecule has 132 valence electrons. The Balaban J connectivity index is 1.60. The second-order valence-corrected chi connectivity index (χ2v) is 6.06. The number of aryl methyl sites for hydroxylation is 1. The molecule has 0 spiro atoms. The lowest BCUT2D eigenvalue weighted by molar-refractivity contribution is 0.0707. The van der Waals surface area contributed by atoms with Gasteiger partial charge in [0, 0.05) is 31.0 Å². The summed E-state index contributed by atoms with van der Waals surface area (Å²) in [6, 6.07) is 4.30. The molecular weight excluding hydrogens is 335 g/mol.